The number of ether oxygens (including phenoxy) is 1. The topological polar surface area (TPSA) is 110 Å². The van der Waals surface area contributed by atoms with Crippen LogP contribution in [0.2, 0.25) is 0 Å². The van der Waals surface area contributed by atoms with E-state index in [0.717, 1.165) is 11.3 Å². The van der Waals surface area contributed by atoms with Crippen LogP contribution in [0.15, 0.2) is 36.4 Å². The van der Waals surface area contributed by atoms with E-state index in [1.807, 2.05) is 12.2 Å². The van der Waals surface area contributed by atoms with Crippen LogP contribution in [0.1, 0.15) is 37.6 Å². The van der Waals surface area contributed by atoms with Gasteiger partial charge >= 0.3 is 5.97 Å². The highest BCUT2D eigenvalue weighted by molar-refractivity contribution is 6.09. The van der Waals surface area contributed by atoms with Crippen LogP contribution in [0.5, 0.6) is 0 Å². The van der Waals surface area contributed by atoms with Crippen LogP contribution in [0.3, 0.4) is 0 Å². The summed E-state index contributed by atoms with van der Waals surface area (Å²) >= 11 is 0. The van der Waals surface area contributed by atoms with Gasteiger partial charge in [-0.05, 0) is 43.2 Å². The summed E-state index contributed by atoms with van der Waals surface area (Å²) < 4.78 is 5.20. The van der Waals surface area contributed by atoms with E-state index in [2.05, 4.69) is 5.32 Å². The Kier molecular flexibility index (Phi) is 5.71. The number of esters is 1. The Morgan fingerprint density at radius 2 is 1.72 bits per heavy atom. The fraction of sp³-hybridized carbons (Fsp3) is 0.458. The number of fused-ring (bicyclic) bond motifs is 5. The standard InChI is InChI=1S/C24H26N2O6/c1-12(2)21(26-22(29)19-15-7-8-16(9-15)20(19)23(26)30)24(31)32-11-18(28)25-17-6-4-5-14(10-17)13(3)27/h4-8,10,12,15-16,19-21H,9,11H2,1-3H3,(H,25,28)/t15-,16-,19-,20-,21-/m0/s1. The Morgan fingerprint density at radius 1 is 1.09 bits per heavy atom. The zero-order valence-corrected chi connectivity index (χ0v) is 18.2. The maximum Gasteiger partial charge on any atom is 0.330 e. The number of benzene rings is 1. The van der Waals surface area contributed by atoms with Gasteiger partial charge in [-0.3, -0.25) is 24.1 Å². The summed E-state index contributed by atoms with van der Waals surface area (Å²) in [4.78, 5) is 63.8. The van der Waals surface area contributed by atoms with Crippen molar-refractivity contribution in [1.29, 1.82) is 0 Å². The number of hydrogen-bond donors (Lipinski definition) is 1. The largest absolute Gasteiger partial charge is 0.454 e. The average Bonchev–Trinajstić information content (AvgIpc) is 3.42. The summed E-state index contributed by atoms with van der Waals surface area (Å²) in [6, 6.07) is 5.34. The summed E-state index contributed by atoms with van der Waals surface area (Å²) in [7, 11) is 0. The summed E-state index contributed by atoms with van der Waals surface area (Å²) in [5.41, 5.74) is 0.847. The quantitative estimate of drug-likeness (QED) is 0.303. The van der Waals surface area contributed by atoms with E-state index in [1.165, 1.54) is 13.0 Å². The highest BCUT2D eigenvalue weighted by atomic mass is 16.5. The molecule has 1 aromatic rings. The number of nitrogens with one attached hydrogen (secondary N) is 1. The lowest BCUT2D eigenvalue weighted by Gasteiger charge is -2.28. The zero-order valence-electron chi connectivity index (χ0n) is 18.2. The van der Waals surface area contributed by atoms with E-state index in [1.54, 1.807) is 32.0 Å². The molecule has 168 valence electrons. The second-order valence-corrected chi connectivity index (χ2v) is 9.03. The van der Waals surface area contributed by atoms with Crippen LogP contribution in [-0.4, -0.2) is 47.0 Å². The Balaban J connectivity index is 1.41. The molecule has 1 saturated heterocycles. The van der Waals surface area contributed by atoms with Gasteiger partial charge in [-0.25, -0.2) is 4.79 Å². The minimum Gasteiger partial charge on any atom is -0.454 e. The second-order valence-electron chi connectivity index (χ2n) is 9.03. The molecule has 2 aliphatic carbocycles. The lowest BCUT2D eigenvalue weighted by molar-refractivity contribution is -0.162. The number of Topliss-reactive ketones (excluding diaryl/α,β-unsaturated/α-hetero) is 1. The molecule has 4 rings (SSSR count). The van der Waals surface area contributed by atoms with Crippen molar-refractivity contribution in [2.45, 2.75) is 33.2 Å². The summed E-state index contributed by atoms with van der Waals surface area (Å²) in [6.45, 7) is 4.33. The first kappa shape index (κ1) is 21.9. The van der Waals surface area contributed by atoms with Crippen LogP contribution in [-0.2, 0) is 23.9 Å². The van der Waals surface area contributed by atoms with Crippen LogP contribution in [0.25, 0.3) is 0 Å². The van der Waals surface area contributed by atoms with Crippen molar-refractivity contribution in [2.24, 2.45) is 29.6 Å². The van der Waals surface area contributed by atoms with Gasteiger partial charge < -0.3 is 10.1 Å². The fourth-order valence-electron chi connectivity index (χ4n) is 5.11. The molecule has 8 heteroatoms. The molecule has 1 saturated carbocycles. The number of amides is 3. The molecule has 1 aromatic carbocycles. The van der Waals surface area contributed by atoms with Gasteiger partial charge in [0.05, 0.1) is 11.8 Å². The third kappa shape index (κ3) is 3.74. The molecule has 0 unspecified atom stereocenters. The Labute approximate surface area is 186 Å². The molecule has 5 atom stereocenters. The number of anilines is 1. The summed E-state index contributed by atoms with van der Waals surface area (Å²) in [5.74, 6) is -3.22. The number of nitrogens with zero attached hydrogens (tertiary/aromatic N) is 1. The van der Waals surface area contributed by atoms with Crippen molar-refractivity contribution < 1.29 is 28.7 Å². The van der Waals surface area contributed by atoms with E-state index in [-0.39, 0.29) is 35.4 Å². The predicted octanol–water partition coefficient (Wildman–Crippen LogP) is 2.20. The molecule has 3 aliphatic rings. The van der Waals surface area contributed by atoms with Crippen LogP contribution in [0, 0.1) is 29.6 Å². The van der Waals surface area contributed by atoms with Gasteiger partial charge in [0.15, 0.2) is 12.4 Å². The summed E-state index contributed by atoms with van der Waals surface area (Å²) in [5, 5.41) is 2.58. The molecule has 1 aliphatic heterocycles. The van der Waals surface area contributed by atoms with E-state index >= 15 is 0 Å². The van der Waals surface area contributed by atoms with E-state index in [4.69, 9.17) is 4.74 Å². The van der Waals surface area contributed by atoms with Gasteiger partial charge in [-0.2, -0.15) is 0 Å². The highest BCUT2D eigenvalue weighted by Gasteiger charge is 2.61. The summed E-state index contributed by atoms with van der Waals surface area (Å²) in [6.07, 6.45) is 4.80. The SMILES string of the molecule is CC(=O)c1cccc(NC(=O)COC(=O)[C@H](C(C)C)N2C(=O)[C@@H]3[C@@H](C2=O)[C@H]2C=C[C@H]3C2)c1. The number of imide groups is 1. The van der Waals surface area contributed by atoms with Gasteiger partial charge in [-0.1, -0.05) is 38.1 Å². The molecular weight excluding hydrogens is 412 g/mol. The molecular formula is C24H26N2O6. The van der Waals surface area contributed by atoms with Crippen molar-refractivity contribution in [3.8, 4) is 0 Å². The number of hydrogen-bond acceptors (Lipinski definition) is 6. The number of allylic oxidation sites excluding steroid dienone is 2. The number of carbonyl (C=O) groups is 5. The number of carbonyl (C=O) groups excluding carboxylic acids is 5. The maximum atomic E-state index is 13.1. The van der Waals surface area contributed by atoms with Crippen LogP contribution in [0.4, 0.5) is 5.69 Å². The molecule has 2 bridgehead atoms. The van der Waals surface area contributed by atoms with E-state index < -0.39 is 36.4 Å². The predicted molar refractivity (Wildman–Crippen MR) is 114 cm³/mol. The molecule has 0 radical (unpaired) electrons. The van der Waals surface area contributed by atoms with Crippen molar-refractivity contribution in [1.82, 2.24) is 4.90 Å². The minimum absolute atomic E-state index is 0.0480. The third-order valence-electron chi connectivity index (χ3n) is 6.55. The average molecular weight is 438 g/mol. The normalized spacial score (nSPS) is 26.4. The Bertz CT molecular complexity index is 999. The Hall–Kier alpha value is -3.29. The monoisotopic (exact) mass is 438 g/mol. The molecule has 32 heavy (non-hydrogen) atoms. The van der Waals surface area contributed by atoms with Gasteiger partial charge in [0, 0.05) is 11.3 Å². The van der Waals surface area contributed by atoms with Crippen molar-refractivity contribution >= 4 is 35.2 Å². The smallest absolute Gasteiger partial charge is 0.330 e. The van der Waals surface area contributed by atoms with Crippen molar-refractivity contribution in [3.63, 3.8) is 0 Å². The van der Waals surface area contributed by atoms with Gasteiger partial charge in [0.25, 0.3) is 5.91 Å². The molecule has 1 heterocycles. The Morgan fingerprint density at radius 3 is 2.28 bits per heavy atom. The van der Waals surface area contributed by atoms with Crippen LogP contribution >= 0.6 is 0 Å². The third-order valence-corrected chi connectivity index (χ3v) is 6.55. The molecule has 1 N–H and O–H groups in total. The minimum atomic E-state index is -1.08. The van der Waals surface area contributed by atoms with Crippen molar-refractivity contribution in [2.75, 3.05) is 11.9 Å². The highest BCUT2D eigenvalue weighted by Crippen LogP contribution is 2.53. The van der Waals surface area contributed by atoms with Gasteiger partial charge in [0.1, 0.15) is 6.04 Å². The number of ketones is 1. The van der Waals surface area contributed by atoms with Crippen LogP contribution < -0.4 is 5.32 Å². The molecule has 8 nitrogen and oxygen atoms in total. The number of rotatable bonds is 7. The maximum absolute atomic E-state index is 13.1. The van der Waals surface area contributed by atoms with Gasteiger partial charge in [0.2, 0.25) is 11.8 Å². The van der Waals surface area contributed by atoms with Gasteiger partial charge in [-0.15, -0.1) is 0 Å². The van der Waals surface area contributed by atoms with Crippen molar-refractivity contribution in [3.05, 3.63) is 42.0 Å². The molecule has 0 spiro atoms. The zero-order chi connectivity index (χ0) is 23.2. The number of likely N-dealkylation sites (tertiary alicyclic amines) is 1. The first-order valence-corrected chi connectivity index (χ1v) is 10.8. The fourth-order valence-corrected chi connectivity index (χ4v) is 5.11. The van der Waals surface area contributed by atoms with E-state index in [0.29, 0.717) is 11.3 Å². The second kappa shape index (κ2) is 8.33. The molecule has 2 fully saturated rings. The molecule has 3 amide bonds. The lowest BCUT2D eigenvalue weighted by atomic mass is 9.85. The first-order valence-electron chi connectivity index (χ1n) is 10.8. The van der Waals surface area contributed by atoms with E-state index in [9.17, 15) is 24.0 Å². The first-order chi connectivity index (χ1) is 15.2. The lowest BCUT2D eigenvalue weighted by Crippen LogP contribution is -2.50. The molecule has 0 aromatic heterocycles.